The third kappa shape index (κ3) is 4.79. The molecule has 0 aromatic heterocycles. The minimum atomic E-state index is -3.48. The highest BCUT2D eigenvalue weighted by Gasteiger charge is 2.21. The molecule has 3 rings (SSSR count). The molecule has 2 aromatic carbocycles. The Morgan fingerprint density at radius 1 is 1.03 bits per heavy atom. The van der Waals surface area contributed by atoms with E-state index in [9.17, 15) is 13.2 Å². The molecule has 0 unspecified atom stereocenters. The predicted molar refractivity (Wildman–Crippen MR) is 118 cm³/mol. The monoisotopic (exact) mass is 415 g/mol. The second kappa shape index (κ2) is 8.97. The van der Waals surface area contributed by atoms with E-state index in [4.69, 9.17) is 0 Å². The van der Waals surface area contributed by atoms with Crippen molar-refractivity contribution in [3.63, 3.8) is 0 Å². The van der Waals surface area contributed by atoms with Gasteiger partial charge in [-0.25, -0.2) is 8.42 Å². The van der Waals surface area contributed by atoms with Gasteiger partial charge in [-0.15, -0.1) is 0 Å². The summed E-state index contributed by atoms with van der Waals surface area (Å²) < 4.78 is 24.6. The second-order valence-corrected chi connectivity index (χ2v) is 9.52. The van der Waals surface area contributed by atoms with Gasteiger partial charge < -0.3 is 15.1 Å². The number of amides is 1. The van der Waals surface area contributed by atoms with E-state index in [-0.39, 0.29) is 16.2 Å². The van der Waals surface area contributed by atoms with Gasteiger partial charge in [0.2, 0.25) is 0 Å². The van der Waals surface area contributed by atoms with Crippen LogP contribution < -0.4 is 10.2 Å². The van der Waals surface area contributed by atoms with E-state index in [1.807, 2.05) is 19.1 Å². The highest BCUT2D eigenvalue weighted by Crippen LogP contribution is 2.25. The van der Waals surface area contributed by atoms with Crippen molar-refractivity contribution in [3.8, 4) is 0 Å². The number of benzene rings is 2. The summed E-state index contributed by atoms with van der Waals surface area (Å²) in [6.45, 7) is 10.9. The van der Waals surface area contributed by atoms with Crippen molar-refractivity contribution >= 4 is 27.1 Å². The molecule has 6 nitrogen and oxygen atoms in total. The number of likely N-dealkylation sites (N-methyl/N-ethyl adjacent to an activating group) is 1. The molecule has 0 radical (unpaired) electrons. The highest BCUT2D eigenvalue weighted by atomic mass is 32.2. The van der Waals surface area contributed by atoms with Crippen LogP contribution >= 0.6 is 0 Å². The molecule has 0 spiro atoms. The van der Waals surface area contributed by atoms with E-state index >= 15 is 0 Å². The van der Waals surface area contributed by atoms with Gasteiger partial charge in [0, 0.05) is 37.6 Å². The fraction of sp³-hybridized carbons (Fsp3) is 0.409. The maximum absolute atomic E-state index is 12.8. The largest absolute Gasteiger partial charge is 0.369 e. The molecule has 156 valence electrons. The average molecular weight is 416 g/mol. The third-order valence-electron chi connectivity index (χ3n) is 5.49. The summed E-state index contributed by atoms with van der Waals surface area (Å²) in [6, 6.07) is 12.3. The van der Waals surface area contributed by atoms with Crippen molar-refractivity contribution in [1.29, 1.82) is 0 Å². The highest BCUT2D eigenvalue weighted by molar-refractivity contribution is 7.91. The Balaban J connectivity index is 1.77. The second-order valence-electron chi connectivity index (χ2n) is 7.27. The minimum absolute atomic E-state index is 0.0453. The molecule has 2 aromatic rings. The zero-order valence-electron chi connectivity index (χ0n) is 17.3. The van der Waals surface area contributed by atoms with Crippen LogP contribution in [0.2, 0.25) is 0 Å². The van der Waals surface area contributed by atoms with Crippen LogP contribution in [0.15, 0.2) is 47.4 Å². The van der Waals surface area contributed by atoms with Crippen LogP contribution in [0.5, 0.6) is 0 Å². The molecule has 0 atom stereocenters. The minimum Gasteiger partial charge on any atom is -0.369 e. The van der Waals surface area contributed by atoms with Crippen molar-refractivity contribution in [2.75, 3.05) is 48.7 Å². The molecule has 1 amide bonds. The number of piperazine rings is 1. The van der Waals surface area contributed by atoms with E-state index in [1.54, 1.807) is 25.1 Å². The fourth-order valence-corrected chi connectivity index (χ4v) is 4.67. The summed E-state index contributed by atoms with van der Waals surface area (Å²) in [7, 11) is -3.48. The zero-order chi connectivity index (χ0) is 21.0. The number of carbonyl (C=O) groups is 1. The number of nitrogens with one attached hydrogen (secondary N) is 1. The Labute approximate surface area is 173 Å². The number of sulfone groups is 1. The smallest absolute Gasteiger partial charge is 0.256 e. The predicted octanol–water partition coefficient (Wildman–Crippen LogP) is 3.18. The average Bonchev–Trinajstić information content (AvgIpc) is 2.75. The van der Waals surface area contributed by atoms with Crippen molar-refractivity contribution < 1.29 is 13.2 Å². The standard InChI is InChI=1S/C22H29N3O3S/c1-4-24-12-14-25(15-13-24)18-10-11-20(17(3)16-18)23-22(26)19-8-6-7-9-21(19)29(27,28)5-2/h6-11,16H,4-5,12-15H2,1-3H3,(H,23,26). The van der Waals surface area contributed by atoms with Crippen molar-refractivity contribution in [3.05, 3.63) is 53.6 Å². The first kappa shape index (κ1) is 21.3. The van der Waals surface area contributed by atoms with Crippen molar-refractivity contribution in [1.82, 2.24) is 4.90 Å². The number of nitrogens with zero attached hydrogens (tertiary/aromatic N) is 2. The Morgan fingerprint density at radius 2 is 1.72 bits per heavy atom. The van der Waals surface area contributed by atoms with Gasteiger partial charge in [0.15, 0.2) is 9.84 Å². The van der Waals surface area contributed by atoms with Gasteiger partial charge in [0.1, 0.15) is 0 Å². The van der Waals surface area contributed by atoms with Crippen LogP contribution in [0.1, 0.15) is 29.8 Å². The van der Waals surface area contributed by atoms with Gasteiger partial charge in [-0.3, -0.25) is 4.79 Å². The molecule has 7 heteroatoms. The van der Waals surface area contributed by atoms with Crippen LogP contribution in [0.25, 0.3) is 0 Å². The number of hydrogen-bond acceptors (Lipinski definition) is 5. The summed E-state index contributed by atoms with van der Waals surface area (Å²) in [6.07, 6.45) is 0. The molecule has 1 saturated heterocycles. The number of carbonyl (C=O) groups excluding carboxylic acids is 1. The van der Waals surface area contributed by atoms with E-state index in [1.165, 1.54) is 6.07 Å². The molecule has 1 fully saturated rings. The summed E-state index contributed by atoms with van der Waals surface area (Å²) in [5, 5.41) is 2.88. The van der Waals surface area contributed by atoms with Gasteiger partial charge in [-0.05, 0) is 49.4 Å². The molecule has 1 heterocycles. The molecule has 1 aliphatic heterocycles. The number of hydrogen-bond donors (Lipinski definition) is 1. The van der Waals surface area contributed by atoms with E-state index in [2.05, 4.69) is 28.1 Å². The van der Waals surface area contributed by atoms with E-state index in [0.717, 1.165) is 44.0 Å². The lowest BCUT2D eigenvalue weighted by atomic mass is 10.1. The van der Waals surface area contributed by atoms with Crippen LogP contribution in [0, 0.1) is 6.92 Å². The molecular formula is C22H29N3O3S. The van der Waals surface area contributed by atoms with Gasteiger partial charge in [-0.1, -0.05) is 26.0 Å². The molecule has 0 aliphatic carbocycles. The van der Waals surface area contributed by atoms with Crippen LogP contribution in [-0.2, 0) is 9.84 Å². The lowest BCUT2D eigenvalue weighted by molar-refractivity contribution is 0.102. The number of aryl methyl sites for hydroxylation is 1. The van der Waals surface area contributed by atoms with Gasteiger partial charge >= 0.3 is 0 Å². The normalized spacial score (nSPS) is 15.3. The fourth-order valence-electron chi connectivity index (χ4n) is 3.58. The summed E-state index contributed by atoms with van der Waals surface area (Å²) in [5.41, 5.74) is 2.96. The van der Waals surface area contributed by atoms with Gasteiger partial charge in [0.05, 0.1) is 16.2 Å². The number of rotatable bonds is 6. The maximum atomic E-state index is 12.8. The molecule has 1 N–H and O–H groups in total. The quantitative estimate of drug-likeness (QED) is 0.785. The molecule has 29 heavy (non-hydrogen) atoms. The summed E-state index contributed by atoms with van der Waals surface area (Å²) in [5.74, 6) is -0.457. The first-order valence-corrected chi connectivity index (χ1v) is 11.7. The van der Waals surface area contributed by atoms with E-state index in [0.29, 0.717) is 5.69 Å². The van der Waals surface area contributed by atoms with Gasteiger partial charge in [0.25, 0.3) is 5.91 Å². The SMILES string of the molecule is CCN1CCN(c2ccc(NC(=O)c3ccccc3S(=O)(=O)CC)c(C)c2)CC1. The van der Waals surface area contributed by atoms with Crippen LogP contribution in [-0.4, -0.2) is 57.7 Å². The molecule has 0 saturated carbocycles. The van der Waals surface area contributed by atoms with E-state index < -0.39 is 15.7 Å². The molecular weight excluding hydrogens is 386 g/mol. The van der Waals surface area contributed by atoms with Crippen LogP contribution in [0.3, 0.4) is 0 Å². The Kier molecular flexibility index (Phi) is 6.59. The lowest BCUT2D eigenvalue weighted by Gasteiger charge is -2.35. The maximum Gasteiger partial charge on any atom is 0.256 e. The Bertz CT molecular complexity index is 981. The molecule has 1 aliphatic rings. The third-order valence-corrected chi connectivity index (χ3v) is 7.28. The first-order chi connectivity index (χ1) is 13.9. The topological polar surface area (TPSA) is 69.7 Å². The Hall–Kier alpha value is -2.38. The number of anilines is 2. The Morgan fingerprint density at radius 3 is 2.34 bits per heavy atom. The zero-order valence-corrected chi connectivity index (χ0v) is 18.1. The lowest BCUT2D eigenvalue weighted by Crippen LogP contribution is -2.46. The van der Waals surface area contributed by atoms with Crippen molar-refractivity contribution in [2.45, 2.75) is 25.7 Å². The van der Waals surface area contributed by atoms with Gasteiger partial charge in [-0.2, -0.15) is 0 Å². The first-order valence-electron chi connectivity index (χ1n) is 10.1. The summed E-state index contributed by atoms with van der Waals surface area (Å²) in [4.78, 5) is 17.7. The molecule has 0 bridgehead atoms. The summed E-state index contributed by atoms with van der Waals surface area (Å²) >= 11 is 0. The van der Waals surface area contributed by atoms with Crippen molar-refractivity contribution in [2.24, 2.45) is 0 Å². The van der Waals surface area contributed by atoms with Crippen LogP contribution in [0.4, 0.5) is 11.4 Å².